The van der Waals surface area contributed by atoms with Crippen molar-refractivity contribution in [1.29, 1.82) is 0 Å². The summed E-state index contributed by atoms with van der Waals surface area (Å²) in [6.45, 7) is 3.78. The fourth-order valence-corrected chi connectivity index (χ4v) is 2.40. The van der Waals surface area contributed by atoms with Gasteiger partial charge in [-0.1, -0.05) is 48.0 Å². The number of amides is 1. The number of hydrogen-bond acceptors (Lipinski definition) is 2. The molecule has 120 valence electrons. The quantitative estimate of drug-likeness (QED) is 0.564. The maximum atomic E-state index is 12.1. The smallest absolute Gasteiger partial charge is 0.265 e. The number of halogens is 1. The van der Waals surface area contributed by atoms with Gasteiger partial charge in [-0.15, -0.1) is 6.58 Å². The Morgan fingerprint density at radius 1 is 1.13 bits per heavy atom. The van der Waals surface area contributed by atoms with E-state index in [9.17, 15) is 4.79 Å². The summed E-state index contributed by atoms with van der Waals surface area (Å²) in [5, 5.41) is 0.613. The molecule has 0 aliphatic rings. The van der Waals surface area contributed by atoms with E-state index in [1.165, 1.54) is 5.56 Å². The summed E-state index contributed by atoms with van der Waals surface area (Å²) in [4.78, 5) is 12.1. The molecule has 4 heteroatoms. The standard InChI is InChI=1S/C19H21ClN2O/c1-2-6-18(14-9-15-7-4-3-5-8-15)21-22-19(23)16-10-12-17(20)13-11-16/h2-5,7-8,10-13,18,21H,1,6,9,14H2,(H,22,23). The molecular weight excluding hydrogens is 308 g/mol. The lowest BCUT2D eigenvalue weighted by atomic mass is 10.0. The van der Waals surface area contributed by atoms with Crippen molar-refractivity contribution in [2.75, 3.05) is 0 Å². The molecule has 0 spiro atoms. The van der Waals surface area contributed by atoms with Crippen LogP contribution in [0.15, 0.2) is 67.3 Å². The molecule has 0 bridgehead atoms. The second kappa shape index (κ2) is 9.13. The van der Waals surface area contributed by atoms with Crippen molar-refractivity contribution in [3.8, 4) is 0 Å². The third-order valence-electron chi connectivity index (χ3n) is 3.57. The summed E-state index contributed by atoms with van der Waals surface area (Å²) in [6.07, 6.45) is 4.50. The zero-order valence-electron chi connectivity index (χ0n) is 13.0. The molecule has 0 aromatic heterocycles. The highest BCUT2D eigenvalue weighted by molar-refractivity contribution is 6.30. The lowest BCUT2D eigenvalue weighted by Gasteiger charge is -2.18. The molecule has 1 unspecified atom stereocenters. The molecule has 2 rings (SSSR count). The SMILES string of the molecule is C=CCC(CCc1ccccc1)NNC(=O)c1ccc(Cl)cc1. The van der Waals surface area contributed by atoms with Gasteiger partial charge in [0, 0.05) is 16.6 Å². The predicted molar refractivity (Wildman–Crippen MR) is 95.4 cm³/mol. The summed E-state index contributed by atoms with van der Waals surface area (Å²) in [6, 6.07) is 17.2. The minimum Gasteiger partial charge on any atom is -0.287 e. The molecule has 0 fully saturated rings. The molecular formula is C19H21ClN2O. The fraction of sp³-hybridized carbons (Fsp3) is 0.211. The predicted octanol–water partition coefficient (Wildman–Crippen LogP) is 4.15. The van der Waals surface area contributed by atoms with Gasteiger partial charge in [-0.2, -0.15) is 0 Å². The van der Waals surface area contributed by atoms with Gasteiger partial charge < -0.3 is 0 Å². The van der Waals surface area contributed by atoms with Crippen LogP contribution in [0.1, 0.15) is 28.8 Å². The molecule has 0 saturated heterocycles. The van der Waals surface area contributed by atoms with Crippen LogP contribution in [0, 0.1) is 0 Å². The molecule has 2 N–H and O–H groups in total. The van der Waals surface area contributed by atoms with Crippen LogP contribution in [0.25, 0.3) is 0 Å². The number of carbonyl (C=O) groups is 1. The average molecular weight is 329 g/mol. The zero-order chi connectivity index (χ0) is 16.5. The van der Waals surface area contributed by atoms with E-state index in [-0.39, 0.29) is 11.9 Å². The second-order valence-corrected chi connectivity index (χ2v) is 5.79. The second-order valence-electron chi connectivity index (χ2n) is 5.35. The van der Waals surface area contributed by atoms with Gasteiger partial charge in [-0.3, -0.25) is 10.2 Å². The van der Waals surface area contributed by atoms with Gasteiger partial charge in [0.2, 0.25) is 0 Å². The van der Waals surface area contributed by atoms with Crippen molar-refractivity contribution in [2.45, 2.75) is 25.3 Å². The Hall–Kier alpha value is -2.10. The Bertz CT molecular complexity index is 626. The Balaban J connectivity index is 1.85. The van der Waals surface area contributed by atoms with E-state index in [2.05, 4.69) is 29.6 Å². The minimum absolute atomic E-state index is 0.143. The van der Waals surface area contributed by atoms with Crippen molar-refractivity contribution in [2.24, 2.45) is 0 Å². The van der Waals surface area contributed by atoms with Crippen molar-refractivity contribution >= 4 is 17.5 Å². The fourth-order valence-electron chi connectivity index (χ4n) is 2.28. The van der Waals surface area contributed by atoms with Gasteiger partial charge in [-0.05, 0) is 49.1 Å². The van der Waals surface area contributed by atoms with Crippen molar-refractivity contribution in [3.05, 3.63) is 83.4 Å². The van der Waals surface area contributed by atoms with Crippen molar-refractivity contribution in [1.82, 2.24) is 10.9 Å². The van der Waals surface area contributed by atoms with Crippen LogP contribution < -0.4 is 10.9 Å². The Kier molecular flexibility index (Phi) is 6.85. The molecule has 0 aliphatic carbocycles. The van der Waals surface area contributed by atoms with Gasteiger partial charge in [0.15, 0.2) is 0 Å². The van der Waals surface area contributed by atoms with E-state index in [1.807, 2.05) is 24.3 Å². The monoisotopic (exact) mass is 328 g/mol. The summed E-state index contributed by atoms with van der Waals surface area (Å²) in [5.41, 5.74) is 7.72. The highest BCUT2D eigenvalue weighted by atomic mass is 35.5. The van der Waals surface area contributed by atoms with Crippen LogP contribution in [0.5, 0.6) is 0 Å². The topological polar surface area (TPSA) is 41.1 Å². The molecule has 1 atom stereocenters. The summed E-state index contributed by atoms with van der Waals surface area (Å²) >= 11 is 5.83. The Morgan fingerprint density at radius 2 is 1.83 bits per heavy atom. The Morgan fingerprint density at radius 3 is 2.48 bits per heavy atom. The highest BCUT2D eigenvalue weighted by Crippen LogP contribution is 2.10. The van der Waals surface area contributed by atoms with E-state index in [4.69, 9.17) is 11.6 Å². The van der Waals surface area contributed by atoms with E-state index in [0.29, 0.717) is 10.6 Å². The number of hydrogen-bond donors (Lipinski definition) is 2. The maximum absolute atomic E-state index is 12.1. The van der Waals surface area contributed by atoms with E-state index < -0.39 is 0 Å². The van der Waals surface area contributed by atoms with Gasteiger partial charge in [0.25, 0.3) is 5.91 Å². The molecule has 0 heterocycles. The van der Waals surface area contributed by atoms with Gasteiger partial charge >= 0.3 is 0 Å². The van der Waals surface area contributed by atoms with Gasteiger partial charge in [0.1, 0.15) is 0 Å². The third kappa shape index (κ3) is 5.89. The number of hydrazine groups is 1. The third-order valence-corrected chi connectivity index (χ3v) is 3.82. The molecule has 23 heavy (non-hydrogen) atoms. The van der Waals surface area contributed by atoms with E-state index >= 15 is 0 Å². The first-order chi connectivity index (χ1) is 11.2. The van der Waals surface area contributed by atoms with Crippen LogP contribution >= 0.6 is 11.6 Å². The lowest BCUT2D eigenvalue weighted by molar-refractivity contribution is 0.0924. The largest absolute Gasteiger partial charge is 0.287 e. The number of benzene rings is 2. The number of rotatable bonds is 8. The zero-order valence-corrected chi connectivity index (χ0v) is 13.7. The number of nitrogens with one attached hydrogen (secondary N) is 2. The maximum Gasteiger partial charge on any atom is 0.265 e. The molecule has 0 aliphatic heterocycles. The summed E-state index contributed by atoms with van der Waals surface area (Å²) < 4.78 is 0. The van der Waals surface area contributed by atoms with E-state index in [1.54, 1.807) is 24.3 Å². The average Bonchev–Trinajstić information content (AvgIpc) is 2.58. The molecule has 0 radical (unpaired) electrons. The van der Waals surface area contributed by atoms with Crippen LogP contribution in [-0.4, -0.2) is 11.9 Å². The van der Waals surface area contributed by atoms with Gasteiger partial charge in [0.05, 0.1) is 0 Å². The normalized spacial score (nSPS) is 11.7. The molecule has 3 nitrogen and oxygen atoms in total. The van der Waals surface area contributed by atoms with Crippen molar-refractivity contribution < 1.29 is 4.79 Å². The van der Waals surface area contributed by atoms with Crippen LogP contribution in [-0.2, 0) is 6.42 Å². The van der Waals surface area contributed by atoms with Crippen molar-refractivity contribution in [3.63, 3.8) is 0 Å². The Labute approximate surface area is 142 Å². The van der Waals surface area contributed by atoms with Gasteiger partial charge in [-0.25, -0.2) is 5.43 Å². The highest BCUT2D eigenvalue weighted by Gasteiger charge is 2.10. The molecule has 0 saturated carbocycles. The minimum atomic E-state index is -0.171. The first kappa shape index (κ1) is 17.3. The molecule has 2 aromatic rings. The van der Waals surface area contributed by atoms with Crippen LogP contribution in [0.2, 0.25) is 5.02 Å². The summed E-state index contributed by atoms with van der Waals surface area (Å²) in [5.74, 6) is -0.171. The first-order valence-corrected chi connectivity index (χ1v) is 8.03. The summed E-state index contributed by atoms with van der Waals surface area (Å²) in [7, 11) is 0. The molecule has 1 amide bonds. The first-order valence-electron chi connectivity index (χ1n) is 7.65. The number of aryl methyl sites for hydroxylation is 1. The number of carbonyl (C=O) groups excluding carboxylic acids is 1. The van der Waals surface area contributed by atoms with Crippen LogP contribution in [0.3, 0.4) is 0 Å². The lowest BCUT2D eigenvalue weighted by Crippen LogP contribution is -2.44. The molecule has 2 aromatic carbocycles. The van der Waals surface area contributed by atoms with Crippen LogP contribution in [0.4, 0.5) is 0 Å². The van der Waals surface area contributed by atoms with E-state index in [0.717, 1.165) is 19.3 Å².